The first-order chi connectivity index (χ1) is 22.7. The molecule has 3 aromatic carbocycles. The predicted molar refractivity (Wildman–Crippen MR) is 202 cm³/mol. The van der Waals surface area contributed by atoms with Crippen molar-refractivity contribution in [1.82, 2.24) is 0 Å². The molecule has 0 aliphatic heterocycles. The van der Waals surface area contributed by atoms with Gasteiger partial charge in [0.05, 0.1) is 0 Å². The van der Waals surface area contributed by atoms with E-state index in [4.69, 9.17) is 0 Å². The van der Waals surface area contributed by atoms with E-state index in [-0.39, 0.29) is 0 Å². The summed E-state index contributed by atoms with van der Waals surface area (Å²) in [5.41, 5.74) is 18.2. The molecule has 3 aromatic rings. The largest absolute Gasteiger partial charge is 0.0654 e. The standard InChI is InChI=1S/C46H66/c1-5-9-25-35-36(26-10-6-2)38(28-12-8-4)42-32-44-43(31-41(42)37(35)27-11-7-3)45(33-21-15-13-16-22-33)39-29-19-20-30-40(39)46(44)34-23-17-14-18-24-34/h19-20,29-30,33-34H,5-18,21-28,31-32H2,1-4H3. The van der Waals surface area contributed by atoms with Crippen LogP contribution in [0.3, 0.4) is 0 Å². The van der Waals surface area contributed by atoms with Crippen LogP contribution in [0.5, 0.6) is 0 Å². The average molecular weight is 619 g/mol. The maximum absolute atomic E-state index is 2.55. The van der Waals surface area contributed by atoms with Gasteiger partial charge in [0.25, 0.3) is 0 Å². The summed E-state index contributed by atoms with van der Waals surface area (Å²) in [7, 11) is 0. The second-order valence-electron chi connectivity index (χ2n) is 15.6. The number of unbranched alkanes of at least 4 members (excludes halogenated alkanes) is 4. The molecule has 6 rings (SSSR count). The van der Waals surface area contributed by atoms with E-state index < -0.39 is 0 Å². The minimum atomic E-state index is 0.747. The summed E-state index contributed by atoms with van der Waals surface area (Å²) in [4.78, 5) is 0. The molecular formula is C46H66. The van der Waals surface area contributed by atoms with E-state index in [1.54, 1.807) is 21.9 Å². The fourth-order valence-electron chi connectivity index (χ4n) is 10.2. The number of hydrogen-bond donors (Lipinski definition) is 0. The number of benzene rings is 3. The Balaban J connectivity index is 1.64. The van der Waals surface area contributed by atoms with Gasteiger partial charge in [0, 0.05) is 0 Å². The molecule has 3 aliphatic carbocycles. The molecule has 0 unspecified atom stereocenters. The van der Waals surface area contributed by atoms with Crippen LogP contribution in [0.1, 0.15) is 211 Å². The molecule has 0 saturated heterocycles. The van der Waals surface area contributed by atoms with Gasteiger partial charge >= 0.3 is 0 Å². The van der Waals surface area contributed by atoms with E-state index >= 15 is 0 Å². The second-order valence-corrected chi connectivity index (χ2v) is 15.6. The Morgan fingerprint density at radius 3 is 1.13 bits per heavy atom. The van der Waals surface area contributed by atoms with Crippen molar-refractivity contribution in [3.63, 3.8) is 0 Å². The van der Waals surface area contributed by atoms with Crippen molar-refractivity contribution in [2.45, 2.75) is 194 Å². The summed E-state index contributed by atoms with van der Waals surface area (Å²) < 4.78 is 0. The first kappa shape index (κ1) is 33.8. The molecule has 0 heteroatoms. The van der Waals surface area contributed by atoms with Crippen LogP contribution in [-0.4, -0.2) is 0 Å². The van der Waals surface area contributed by atoms with Crippen molar-refractivity contribution in [2.24, 2.45) is 0 Å². The molecule has 2 fully saturated rings. The van der Waals surface area contributed by atoms with E-state index in [1.165, 1.54) is 154 Å². The van der Waals surface area contributed by atoms with E-state index in [0.29, 0.717) is 0 Å². The number of rotatable bonds is 14. The molecule has 0 aromatic heterocycles. The first-order valence-corrected chi connectivity index (χ1v) is 20.4. The molecule has 0 atom stereocenters. The fourth-order valence-corrected chi connectivity index (χ4v) is 10.2. The Kier molecular flexibility index (Phi) is 12.0. The zero-order chi connectivity index (χ0) is 31.9. The second kappa shape index (κ2) is 16.3. The quantitative estimate of drug-likeness (QED) is 0.132. The third-order valence-corrected chi connectivity index (χ3v) is 12.6. The smallest absolute Gasteiger partial charge is 0.00140 e. The topological polar surface area (TPSA) is 0 Å². The minimum absolute atomic E-state index is 0.747. The Hall–Kier alpha value is -2.08. The summed E-state index contributed by atoms with van der Waals surface area (Å²) >= 11 is 0. The van der Waals surface area contributed by atoms with Gasteiger partial charge in [0.15, 0.2) is 0 Å². The normalized spacial score (nSPS) is 17.4. The summed E-state index contributed by atoms with van der Waals surface area (Å²) in [6.45, 7) is 9.62. The molecular weight excluding hydrogens is 553 g/mol. The lowest BCUT2D eigenvalue weighted by atomic mass is 9.67. The zero-order valence-electron chi connectivity index (χ0n) is 30.4. The first-order valence-electron chi connectivity index (χ1n) is 20.4. The van der Waals surface area contributed by atoms with Gasteiger partial charge in [-0.05, 0) is 168 Å². The lowest BCUT2D eigenvalue weighted by molar-refractivity contribution is 0.438. The van der Waals surface area contributed by atoms with Crippen molar-refractivity contribution in [3.05, 3.63) is 79.9 Å². The van der Waals surface area contributed by atoms with Gasteiger partial charge in [0.2, 0.25) is 0 Å². The summed E-state index contributed by atoms with van der Waals surface area (Å²) in [6.07, 6.45) is 32.3. The molecule has 0 N–H and O–H groups in total. The van der Waals surface area contributed by atoms with Crippen LogP contribution in [0, 0.1) is 0 Å². The molecule has 3 aliphatic rings. The lowest BCUT2D eigenvalue weighted by Gasteiger charge is -2.37. The summed E-state index contributed by atoms with van der Waals surface area (Å²) in [5, 5.41) is 3.29. The van der Waals surface area contributed by atoms with Crippen molar-refractivity contribution in [2.75, 3.05) is 0 Å². The third-order valence-electron chi connectivity index (χ3n) is 12.6. The van der Waals surface area contributed by atoms with Crippen molar-refractivity contribution in [1.29, 1.82) is 0 Å². The summed E-state index contributed by atoms with van der Waals surface area (Å²) in [6, 6.07) is 9.82. The SMILES string of the molecule is CCCCc1c(CCCC)c(CCCC)c2c(c1CCCC)Cc1c(c(C3CCCCC3)c3ccccc3c1C1CCCCC1)C2. The highest BCUT2D eigenvalue weighted by atomic mass is 14.4. The van der Waals surface area contributed by atoms with Crippen molar-refractivity contribution in [3.8, 4) is 0 Å². The average Bonchev–Trinajstić information content (AvgIpc) is 3.10. The highest BCUT2D eigenvalue weighted by Gasteiger charge is 2.34. The van der Waals surface area contributed by atoms with Crippen LogP contribution in [0.2, 0.25) is 0 Å². The Bertz CT molecular complexity index is 1330. The van der Waals surface area contributed by atoms with Gasteiger partial charge in [-0.1, -0.05) is 116 Å². The van der Waals surface area contributed by atoms with Gasteiger partial charge in [-0.15, -0.1) is 0 Å². The van der Waals surface area contributed by atoms with E-state index in [9.17, 15) is 0 Å². The van der Waals surface area contributed by atoms with Crippen molar-refractivity contribution >= 4 is 10.8 Å². The molecule has 0 bridgehead atoms. The Morgan fingerprint density at radius 2 is 0.783 bits per heavy atom. The van der Waals surface area contributed by atoms with E-state index in [1.807, 2.05) is 44.5 Å². The van der Waals surface area contributed by atoms with Crippen LogP contribution in [0.4, 0.5) is 0 Å². The van der Waals surface area contributed by atoms with Gasteiger partial charge < -0.3 is 0 Å². The van der Waals surface area contributed by atoms with Crippen LogP contribution in [0.25, 0.3) is 10.8 Å². The molecule has 0 heterocycles. The molecule has 0 spiro atoms. The zero-order valence-corrected chi connectivity index (χ0v) is 30.4. The number of fused-ring (bicyclic) bond motifs is 3. The minimum Gasteiger partial charge on any atom is -0.0654 e. The molecule has 250 valence electrons. The maximum Gasteiger partial charge on any atom is -0.00140 e. The Labute approximate surface area is 283 Å². The van der Waals surface area contributed by atoms with Crippen LogP contribution < -0.4 is 0 Å². The molecule has 0 amide bonds. The van der Waals surface area contributed by atoms with E-state index in [2.05, 4.69) is 52.0 Å². The van der Waals surface area contributed by atoms with Crippen LogP contribution in [-0.2, 0) is 38.5 Å². The Morgan fingerprint density at radius 1 is 0.435 bits per heavy atom. The van der Waals surface area contributed by atoms with Gasteiger partial charge in [-0.25, -0.2) is 0 Å². The highest BCUT2D eigenvalue weighted by molar-refractivity contribution is 5.93. The highest BCUT2D eigenvalue weighted by Crippen LogP contribution is 2.50. The predicted octanol–water partition coefficient (Wildman–Crippen LogP) is 13.8. The van der Waals surface area contributed by atoms with E-state index in [0.717, 1.165) is 11.8 Å². The van der Waals surface area contributed by atoms with Gasteiger partial charge in [-0.3, -0.25) is 0 Å². The lowest BCUT2D eigenvalue weighted by Crippen LogP contribution is -2.23. The van der Waals surface area contributed by atoms with Crippen molar-refractivity contribution < 1.29 is 0 Å². The monoisotopic (exact) mass is 619 g/mol. The fraction of sp³-hybridized carbons (Fsp3) is 0.652. The molecule has 0 radical (unpaired) electrons. The molecule has 2 saturated carbocycles. The van der Waals surface area contributed by atoms with Crippen LogP contribution in [0.15, 0.2) is 24.3 Å². The van der Waals surface area contributed by atoms with Gasteiger partial charge in [0.1, 0.15) is 0 Å². The third kappa shape index (κ3) is 6.89. The van der Waals surface area contributed by atoms with Gasteiger partial charge in [-0.2, -0.15) is 0 Å². The molecule has 46 heavy (non-hydrogen) atoms. The maximum atomic E-state index is 2.55. The van der Waals surface area contributed by atoms with Crippen LogP contribution >= 0.6 is 0 Å². The molecule has 0 nitrogen and oxygen atoms in total. The number of hydrogen-bond acceptors (Lipinski definition) is 0. The summed E-state index contributed by atoms with van der Waals surface area (Å²) in [5.74, 6) is 1.49.